The number of fused-ring (bicyclic) bond motifs is 1. The number of phenolic OH excluding ortho intramolecular Hbond substituents is 4. The van der Waals surface area contributed by atoms with Gasteiger partial charge < -0.3 is 25.3 Å². The molecule has 3 aromatic carbocycles. The van der Waals surface area contributed by atoms with Crippen molar-refractivity contribution in [2.24, 2.45) is 0 Å². The van der Waals surface area contributed by atoms with E-state index in [1.807, 2.05) is 18.2 Å². The summed E-state index contributed by atoms with van der Waals surface area (Å²) in [6.45, 7) is 0.907. The first-order valence-electron chi connectivity index (χ1n) is 8.69. The summed E-state index contributed by atoms with van der Waals surface area (Å²) in [5.74, 6) is -0.692. The van der Waals surface area contributed by atoms with Gasteiger partial charge in [0.15, 0.2) is 23.0 Å². The first-order valence-corrected chi connectivity index (χ1v) is 8.69. The third-order valence-electron chi connectivity index (χ3n) is 4.62. The molecule has 28 heavy (non-hydrogen) atoms. The van der Waals surface area contributed by atoms with Gasteiger partial charge in [-0.15, -0.1) is 0 Å². The van der Waals surface area contributed by atoms with Crippen molar-refractivity contribution in [3.8, 4) is 23.0 Å². The Balaban J connectivity index is 1.70. The Hall–Kier alpha value is -3.87. The minimum absolute atomic E-state index is 0.169. The standard InChI is InChI=1S/C21H19N3O4/c25-18-5-1-13(7-20(18)27)11-24(12-14-2-6-19(26)21(28)8-14)16-4-3-15-10-22-23-17(15)9-16/h1-10,25-28H,11-12H2,(H,22,23). The lowest BCUT2D eigenvalue weighted by Gasteiger charge is -2.25. The SMILES string of the molecule is Oc1ccc(CN(Cc2ccc(O)c(O)c2)c2ccc3cn[nH]c3c2)cc1O. The van der Waals surface area contributed by atoms with E-state index < -0.39 is 0 Å². The Morgan fingerprint density at radius 1 is 0.714 bits per heavy atom. The van der Waals surface area contributed by atoms with Gasteiger partial charge in [-0.2, -0.15) is 5.10 Å². The molecule has 0 radical (unpaired) electrons. The van der Waals surface area contributed by atoms with Crippen LogP contribution in [0.25, 0.3) is 10.9 Å². The average Bonchev–Trinajstić information content (AvgIpc) is 3.15. The van der Waals surface area contributed by atoms with Crippen LogP contribution in [0.2, 0.25) is 0 Å². The van der Waals surface area contributed by atoms with Crippen molar-refractivity contribution < 1.29 is 20.4 Å². The second-order valence-corrected chi connectivity index (χ2v) is 6.64. The number of rotatable bonds is 5. The van der Waals surface area contributed by atoms with Gasteiger partial charge in [0.1, 0.15) is 0 Å². The number of benzene rings is 3. The first-order chi connectivity index (χ1) is 13.5. The van der Waals surface area contributed by atoms with Gasteiger partial charge in [0.25, 0.3) is 0 Å². The highest BCUT2D eigenvalue weighted by atomic mass is 16.3. The predicted molar refractivity (Wildman–Crippen MR) is 106 cm³/mol. The van der Waals surface area contributed by atoms with Crippen LogP contribution in [0.1, 0.15) is 11.1 Å². The molecule has 142 valence electrons. The summed E-state index contributed by atoms with van der Waals surface area (Å²) >= 11 is 0. The van der Waals surface area contributed by atoms with Gasteiger partial charge in [-0.3, -0.25) is 5.10 Å². The van der Waals surface area contributed by atoms with E-state index in [9.17, 15) is 20.4 Å². The van der Waals surface area contributed by atoms with E-state index in [4.69, 9.17) is 0 Å². The maximum absolute atomic E-state index is 9.81. The van der Waals surface area contributed by atoms with E-state index in [1.165, 1.54) is 24.3 Å². The van der Waals surface area contributed by atoms with Crippen molar-refractivity contribution in [1.82, 2.24) is 10.2 Å². The molecule has 0 aliphatic carbocycles. The monoisotopic (exact) mass is 377 g/mol. The van der Waals surface area contributed by atoms with E-state index in [-0.39, 0.29) is 23.0 Å². The molecule has 0 saturated heterocycles. The average molecular weight is 377 g/mol. The fourth-order valence-electron chi connectivity index (χ4n) is 3.14. The van der Waals surface area contributed by atoms with Gasteiger partial charge in [0, 0.05) is 24.2 Å². The van der Waals surface area contributed by atoms with Crippen LogP contribution in [-0.2, 0) is 13.1 Å². The van der Waals surface area contributed by atoms with Gasteiger partial charge in [0.2, 0.25) is 0 Å². The maximum Gasteiger partial charge on any atom is 0.157 e. The van der Waals surface area contributed by atoms with Crippen LogP contribution >= 0.6 is 0 Å². The van der Waals surface area contributed by atoms with Gasteiger partial charge in [-0.25, -0.2) is 0 Å². The second kappa shape index (κ2) is 7.03. The number of aromatic nitrogens is 2. The van der Waals surface area contributed by atoms with Crippen molar-refractivity contribution in [3.63, 3.8) is 0 Å². The molecule has 0 unspecified atom stereocenters. The van der Waals surface area contributed by atoms with Crippen LogP contribution < -0.4 is 4.90 Å². The first kappa shape index (κ1) is 17.5. The number of aromatic amines is 1. The van der Waals surface area contributed by atoms with Gasteiger partial charge >= 0.3 is 0 Å². The Morgan fingerprint density at radius 2 is 1.32 bits per heavy atom. The lowest BCUT2D eigenvalue weighted by molar-refractivity contribution is 0.402. The number of nitrogens with one attached hydrogen (secondary N) is 1. The molecule has 5 N–H and O–H groups in total. The zero-order chi connectivity index (χ0) is 19.7. The van der Waals surface area contributed by atoms with E-state index in [2.05, 4.69) is 15.1 Å². The molecule has 0 fully saturated rings. The van der Waals surface area contributed by atoms with Crippen molar-refractivity contribution in [2.75, 3.05) is 4.90 Å². The maximum atomic E-state index is 9.81. The number of phenols is 4. The fraction of sp³-hybridized carbons (Fsp3) is 0.0952. The smallest absolute Gasteiger partial charge is 0.157 e. The molecular weight excluding hydrogens is 358 g/mol. The zero-order valence-corrected chi connectivity index (χ0v) is 14.9. The highest BCUT2D eigenvalue weighted by molar-refractivity contribution is 5.81. The Morgan fingerprint density at radius 3 is 1.89 bits per heavy atom. The molecule has 0 bridgehead atoms. The fourth-order valence-corrected chi connectivity index (χ4v) is 3.14. The van der Waals surface area contributed by atoms with E-state index >= 15 is 0 Å². The van der Waals surface area contributed by atoms with Crippen LogP contribution in [0, 0.1) is 0 Å². The van der Waals surface area contributed by atoms with Crippen LogP contribution in [0.15, 0.2) is 60.8 Å². The van der Waals surface area contributed by atoms with Crippen LogP contribution in [0.3, 0.4) is 0 Å². The molecule has 0 atom stereocenters. The highest BCUT2D eigenvalue weighted by Gasteiger charge is 2.13. The van der Waals surface area contributed by atoms with Crippen molar-refractivity contribution in [3.05, 3.63) is 71.9 Å². The summed E-state index contributed by atoms with van der Waals surface area (Å²) in [7, 11) is 0. The lowest BCUT2D eigenvalue weighted by atomic mass is 10.1. The quantitative estimate of drug-likeness (QED) is 0.340. The number of hydrogen-bond acceptors (Lipinski definition) is 6. The molecule has 0 aliphatic heterocycles. The summed E-state index contributed by atoms with van der Waals surface area (Å²) in [4.78, 5) is 2.05. The molecule has 0 aliphatic rings. The van der Waals surface area contributed by atoms with Gasteiger partial charge in [-0.05, 0) is 53.6 Å². The van der Waals surface area contributed by atoms with E-state index in [0.717, 1.165) is 27.7 Å². The molecule has 4 aromatic rings. The minimum atomic E-state index is -0.177. The van der Waals surface area contributed by atoms with Crippen LogP contribution in [0.5, 0.6) is 23.0 Å². The van der Waals surface area contributed by atoms with Gasteiger partial charge in [-0.1, -0.05) is 12.1 Å². The molecule has 0 amide bonds. The Labute approximate surface area is 160 Å². The summed E-state index contributed by atoms with van der Waals surface area (Å²) < 4.78 is 0. The van der Waals surface area contributed by atoms with E-state index in [1.54, 1.807) is 18.3 Å². The number of nitrogens with zero attached hydrogens (tertiary/aromatic N) is 2. The largest absolute Gasteiger partial charge is 0.504 e. The second-order valence-electron chi connectivity index (χ2n) is 6.64. The minimum Gasteiger partial charge on any atom is -0.504 e. The predicted octanol–water partition coefficient (Wildman–Crippen LogP) is 3.59. The summed E-state index contributed by atoms with van der Waals surface area (Å²) in [5.41, 5.74) is 3.42. The molecule has 1 heterocycles. The van der Waals surface area contributed by atoms with Crippen LogP contribution in [0.4, 0.5) is 5.69 Å². The molecule has 7 nitrogen and oxygen atoms in total. The van der Waals surface area contributed by atoms with Crippen molar-refractivity contribution in [1.29, 1.82) is 0 Å². The van der Waals surface area contributed by atoms with Crippen molar-refractivity contribution >= 4 is 16.6 Å². The molecular formula is C21H19N3O4. The third kappa shape index (κ3) is 3.50. The topological polar surface area (TPSA) is 113 Å². The van der Waals surface area contributed by atoms with Crippen molar-refractivity contribution in [2.45, 2.75) is 13.1 Å². The molecule has 0 spiro atoms. The normalized spacial score (nSPS) is 11.0. The Bertz CT molecular complexity index is 1090. The van der Waals surface area contributed by atoms with Crippen LogP contribution in [-0.4, -0.2) is 30.6 Å². The van der Waals surface area contributed by atoms with Gasteiger partial charge in [0.05, 0.1) is 11.7 Å². The summed E-state index contributed by atoms with van der Waals surface area (Å²) in [6.07, 6.45) is 1.75. The summed E-state index contributed by atoms with van der Waals surface area (Å²) in [6, 6.07) is 15.3. The number of aromatic hydroxyl groups is 4. The number of hydrogen-bond donors (Lipinski definition) is 5. The Kier molecular flexibility index (Phi) is 4.41. The highest BCUT2D eigenvalue weighted by Crippen LogP contribution is 2.30. The number of anilines is 1. The molecule has 0 saturated carbocycles. The molecule has 7 heteroatoms. The van der Waals surface area contributed by atoms with E-state index in [0.29, 0.717) is 13.1 Å². The number of H-pyrrole nitrogens is 1. The lowest BCUT2D eigenvalue weighted by Crippen LogP contribution is -2.22. The zero-order valence-electron chi connectivity index (χ0n) is 14.9. The molecule has 4 rings (SSSR count). The third-order valence-corrected chi connectivity index (χ3v) is 4.62. The summed E-state index contributed by atoms with van der Waals surface area (Å²) in [5, 5.41) is 46.7. The molecule has 1 aromatic heterocycles.